The van der Waals surface area contributed by atoms with Crippen LogP contribution in [0.2, 0.25) is 0 Å². The van der Waals surface area contributed by atoms with Crippen LogP contribution in [-0.2, 0) is 38.1 Å². The monoisotopic (exact) mass is 752 g/mol. The van der Waals surface area contributed by atoms with Crippen LogP contribution >= 0.6 is 0 Å². The summed E-state index contributed by atoms with van der Waals surface area (Å²) in [6.07, 6.45) is 10.6. The van der Waals surface area contributed by atoms with Crippen LogP contribution in [0.1, 0.15) is 153 Å². The average molecular weight is 753 g/mol. The molecule has 0 aromatic rings. The standard InChI is InChI=1S/C39H68N4O10/c1-11-14-15-16-17-18-19-20-21-22-32(45)49-23-24-50-34(46)28-25-30(33(40-27(4)44)31(26-28)51-29(12-2)13-3)41-35(42-36(47)52-38(5,6)7)43-37(48)53-39(8,9)10/h26,29-31,33H,11-25H2,1-10H3,(H,40,44)(H2,41,42,43,47,48)/t30-,31+,33+/m0/s1. The highest BCUT2D eigenvalue weighted by atomic mass is 16.6. The van der Waals surface area contributed by atoms with Crippen molar-refractivity contribution in [1.29, 1.82) is 0 Å². The number of ether oxygens (including phenoxy) is 5. The minimum Gasteiger partial charge on any atom is -0.462 e. The Labute approximate surface area is 317 Å². The number of amides is 3. The number of nitrogens with one attached hydrogen (secondary N) is 3. The summed E-state index contributed by atoms with van der Waals surface area (Å²) >= 11 is 0. The van der Waals surface area contributed by atoms with Gasteiger partial charge >= 0.3 is 24.1 Å². The SMILES string of the molecule is CCCCCCCCCCCC(=O)OCCOC(=O)C1=C[C@@H](OC(CC)CC)[C@H](NC(C)=O)[C@@H](N=C(NC(=O)OC(C)(C)C)NC(=O)OC(C)(C)C)C1. The van der Waals surface area contributed by atoms with Gasteiger partial charge in [-0.2, -0.15) is 0 Å². The first-order chi connectivity index (χ1) is 24.9. The van der Waals surface area contributed by atoms with Gasteiger partial charge < -0.3 is 29.0 Å². The van der Waals surface area contributed by atoms with Crippen molar-refractivity contribution < 1.29 is 47.7 Å². The lowest BCUT2D eigenvalue weighted by Gasteiger charge is -2.37. The molecule has 0 spiro atoms. The Balaban J connectivity index is 3.14. The van der Waals surface area contributed by atoms with E-state index in [1.807, 2.05) is 13.8 Å². The molecule has 0 saturated heterocycles. The Morgan fingerprint density at radius 3 is 1.77 bits per heavy atom. The van der Waals surface area contributed by atoms with E-state index < -0.39 is 47.5 Å². The number of rotatable bonds is 20. The largest absolute Gasteiger partial charge is 0.462 e. The van der Waals surface area contributed by atoms with Crippen LogP contribution in [0.25, 0.3) is 0 Å². The van der Waals surface area contributed by atoms with E-state index >= 15 is 0 Å². The summed E-state index contributed by atoms with van der Waals surface area (Å²) in [6, 6.07) is -1.73. The minimum atomic E-state index is -0.931. The molecule has 1 aliphatic carbocycles. The molecule has 3 N–H and O–H groups in total. The molecule has 0 aromatic heterocycles. The zero-order valence-corrected chi connectivity index (χ0v) is 34.0. The van der Waals surface area contributed by atoms with Gasteiger partial charge in [0.25, 0.3) is 0 Å². The third kappa shape index (κ3) is 22.2. The van der Waals surface area contributed by atoms with E-state index in [-0.39, 0.29) is 49.1 Å². The molecule has 3 amide bonds. The van der Waals surface area contributed by atoms with Crippen LogP contribution in [-0.4, -0.2) is 84.7 Å². The van der Waals surface area contributed by atoms with Gasteiger partial charge in [-0.15, -0.1) is 0 Å². The minimum absolute atomic E-state index is 0.0551. The topological polar surface area (TPSA) is 180 Å². The lowest BCUT2D eigenvalue weighted by atomic mass is 9.87. The summed E-state index contributed by atoms with van der Waals surface area (Å²) in [6.45, 7) is 17.3. The van der Waals surface area contributed by atoms with E-state index in [4.69, 9.17) is 23.7 Å². The zero-order valence-electron chi connectivity index (χ0n) is 34.0. The van der Waals surface area contributed by atoms with Crippen molar-refractivity contribution in [1.82, 2.24) is 16.0 Å². The van der Waals surface area contributed by atoms with Crippen molar-refractivity contribution >= 4 is 36.0 Å². The number of esters is 2. The van der Waals surface area contributed by atoms with E-state index in [2.05, 4.69) is 27.9 Å². The molecule has 0 bridgehead atoms. The second-order valence-electron chi connectivity index (χ2n) is 15.4. The van der Waals surface area contributed by atoms with Crippen LogP contribution in [0, 0.1) is 0 Å². The Morgan fingerprint density at radius 1 is 0.774 bits per heavy atom. The van der Waals surface area contributed by atoms with Crippen molar-refractivity contribution in [3.8, 4) is 0 Å². The summed E-state index contributed by atoms with van der Waals surface area (Å²) in [7, 11) is 0. The lowest BCUT2D eigenvalue weighted by Crippen LogP contribution is -2.55. The van der Waals surface area contributed by atoms with Crippen LogP contribution in [0.4, 0.5) is 9.59 Å². The summed E-state index contributed by atoms with van der Waals surface area (Å²) < 4.78 is 27.9. The van der Waals surface area contributed by atoms with Crippen LogP contribution in [0.5, 0.6) is 0 Å². The maximum Gasteiger partial charge on any atom is 0.414 e. The van der Waals surface area contributed by atoms with Crippen molar-refractivity contribution in [2.45, 2.75) is 188 Å². The van der Waals surface area contributed by atoms with Crippen LogP contribution in [0.3, 0.4) is 0 Å². The summed E-state index contributed by atoms with van der Waals surface area (Å²) in [5, 5.41) is 7.79. The highest BCUT2D eigenvalue weighted by molar-refractivity contribution is 6.01. The predicted octanol–water partition coefficient (Wildman–Crippen LogP) is 7.18. The summed E-state index contributed by atoms with van der Waals surface area (Å²) in [4.78, 5) is 68.3. The number of alkyl carbamates (subject to hydrolysis) is 2. The van der Waals surface area contributed by atoms with Gasteiger partial charge in [-0.1, -0.05) is 72.1 Å². The molecule has 0 saturated carbocycles. The van der Waals surface area contributed by atoms with E-state index in [1.165, 1.54) is 45.4 Å². The molecule has 0 aromatic carbocycles. The number of guanidine groups is 1. The fraction of sp³-hybridized carbons (Fsp3) is 0.795. The molecule has 0 radical (unpaired) electrons. The third-order valence-electron chi connectivity index (χ3n) is 8.05. The van der Waals surface area contributed by atoms with Crippen molar-refractivity contribution in [2.75, 3.05) is 13.2 Å². The first kappa shape index (κ1) is 47.3. The first-order valence-corrected chi connectivity index (χ1v) is 19.4. The Hall–Kier alpha value is -3.68. The van der Waals surface area contributed by atoms with Gasteiger partial charge in [0.15, 0.2) is 0 Å². The molecule has 14 nitrogen and oxygen atoms in total. The van der Waals surface area contributed by atoms with E-state index in [1.54, 1.807) is 47.6 Å². The smallest absolute Gasteiger partial charge is 0.414 e. The Morgan fingerprint density at radius 2 is 1.28 bits per heavy atom. The molecule has 3 atom stereocenters. The number of nitrogens with zero attached hydrogens (tertiary/aromatic N) is 1. The number of hydrogen-bond acceptors (Lipinski definition) is 11. The molecule has 0 heterocycles. The van der Waals surface area contributed by atoms with Crippen LogP contribution in [0.15, 0.2) is 16.6 Å². The number of carbonyl (C=O) groups is 5. The number of hydrogen-bond donors (Lipinski definition) is 3. The summed E-state index contributed by atoms with van der Waals surface area (Å²) in [5.74, 6) is -1.71. The fourth-order valence-electron chi connectivity index (χ4n) is 5.56. The quantitative estimate of drug-likeness (QED) is 0.0379. The molecular weight excluding hydrogens is 684 g/mol. The maximum absolute atomic E-state index is 13.4. The Kier molecular flexibility index (Phi) is 22.0. The highest BCUT2D eigenvalue weighted by Crippen LogP contribution is 2.27. The average Bonchev–Trinajstić information content (AvgIpc) is 3.03. The van der Waals surface area contributed by atoms with Crippen molar-refractivity contribution in [2.24, 2.45) is 4.99 Å². The molecule has 1 rings (SSSR count). The molecule has 0 unspecified atom stereocenters. The van der Waals surface area contributed by atoms with Gasteiger partial charge in [0.05, 0.1) is 24.3 Å². The van der Waals surface area contributed by atoms with Crippen molar-refractivity contribution in [3.63, 3.8) is 0 Å². The number of aliphatic imine (C=N–C) groups is 1. The molecule has 1 aliphatic rings. The van der Waals surface area contributed by atoms with Crippen LogP contribution < -0.4 is 16.0 Å². The van der Waals surface area contributed by atoms with E-state index in [0.29, 0.717) is 19.3 Å². The zero-order chi connectivity index (χ0) is 40.0. The van der Waals surface area contributed by atoms with Gasteiger partial charge in [0, 0.05) is 25.3 Å². The van der Waals surface area contributed by atoms with Crippen molar-refractivity contribution in [3.05, 3.63) is 11.6 Å². The predicted molar refractivity (Wildman–Crippen MR) is 203 cm³/mol. The van der Waals surface area contributed by atoms with Gasteiger partial charge in [0.1, 0.15) is 24.4 Å². The Bertz CT molecular complexity index is 1190. The second kappa shape index (κ2) is 24.6. The van der Waals surface area contributed by atoms with E-state index in [0.717, 1.165) is 19.3 Å². The molecule has 53 heavy (non-hydrogen) atoms. The van der Waals surface area contributed by atoms with E-state index in [9.17, 15) is 24.0 Å². The third-order valence-corrected chi connectivity index (χ3v) is 8.05. The first-order valence-electron chi connectivity index (χ1n) is 19.4. The van der Waals surface area contributed by atoms with Gasteiger partial charge in [-0.05, 0) is 66.9 Å². The molecule has 304 valence electrons. The van der Waals surface area contributed by atoms with Gasteiger partial charge in [0.2, 0.25) is 11.9 Å². The van der Waals surface area contributed by atoms with Gasteiger partial charge in [-0.25, -0.2) is 19.4 Å². The highest BCUT2D eigenvalue weighted by Gasteiger charge is 2.39. The fourth-order valence-corrected chi connectivity index (χ4v) is 5.56. The molecular formula is C39H68N4O10. The lowest BCUT2D eigenvalue weighted by molar-refractivity contribution is -0.150. The van der Waals surface area contributed by atoms with Gasteiger partial charge in [-0.3, -0.25) is 20.2 Å². The molecule has 0 aliphatic heterocycles. The molecule has 14 heteroatoms. The second-order valence-corrected chi connectivity index (χ2v) is 15.4. The maximum atomic E-state index is 13.4. The summed E-state index contributed by atoms with van der Waals surface area (Å²) in [5.41, 5.74) is -1.52. The number of unbranched alkanes of at least 4 members (excludes halogenated alkanes) is 8. The number of carbonyl (C=O) groups excluding carboxylic acids is 5. The molecule has 0 fully saturated rings. The normalized spacial score (nSPS) is 17.3.